The molecule has 0 unspecified atom stereocenters. The Morgan fingerprint density at radius 3 is 2.75 bits per heavy atom. The first-order valence-corrected chi connectivity index (χ1v) is 8.91. The quantitative estimate of drug-likeness (QED) is 0.735. The zero-order chi connectivity index (χ0) is 16.7. The number of aromatic nitrogens is 2. The fourth-order valence-electron chi connectivity index (χ4n) is 3.64. The van der Waals surface area contributed by atoms with E-state index < -0.39 is 0 Å². The van der Waals surface area contributed by atoms with Crippen molar-refractivity contribution in [1.29, 1.82) is 0 Å². The molecule has 2 heterocycles. The Hall–Kier alpha value is -2.20. The van der Waals surface area contributed by atoms with E-state index in [2.05, 4.69) is 47.9 Å². The molecule has 0 spiro atoms. The summed E-state index contributed by atoms with van der Waals surface area (Å²) < 4.78 is 2.11. The Bertz CT molecular complexity index is 939. The summed E-state index contributed by atoms with van der Waals surface area (Å²) in [6.07, 6.45) is 7.56. The van der Waals surface area contributed by atoms with Crippen LogP contribution in [0.5, 0.6) is 0 Å². The number of nitrogens with two attached hydrogens (primary N) is 1. The molecule has 0 saturated heterocycles. The fourth-order valence-corrected chi connectivity index (χ4v) is 3.78. The third-order valence-electron chi connectivity index (χ3n) is 4.84. The topological polar surface area (TPSA) is 43.3 Å². The first kappa shape index (κ1) is 15.3. The molecule has 1 aliphatic carbocycles. The van der Waals surface area contributed by atoms with Crippen LogP contribution >= 0.6 is 12.2 Å². The van der Waals surface area contributed by atoms with Gasteiger partial charge < -0.3 is 10.1 Å². The molecule has 1 aliphatic rings. The molecular weight excluding hydrogens is 314 g/mol. The average Bonchev–Trinajstić information content (AvgIpc) is 2.91. The minimum Gasteiger partial charge on any atom is -0.393 e. The van der Waals surface area contributed by atoms with Crippen LogP contribution in [-0.4, -0.2) is 14.4 Å². The summed E-state index contributed by atoms with van der Waals surface area (Å²) in [5.41, 5.74) is 14.2. The molecular formula is C20H21N3S. The second kappa shape index (κ2) is 6.02. The van der Waals surface area contributed by atoms with E-state index in [1.807, 2.05) is 0 Å². The van der Waals surface area contributed by atoms with Gasteiger partial charge in [-0.3, -0.25) is 0 Å². The number of pyridine rings is 1. The lowest BCUT2D eigenvalue weighted by Crippen LogP contribution is -2.13. The molecule has 3 nitrogen and oxygen atoms in total. The van der Waals surface area contributed by atoms with Crippen molar-refractivity contribution in [2.24, 2.45) is 5.73 Å². The number of nitrogens with zero attached hydrogens (tertiary/aromatic N) is 2. The molecule has 122 valence electrons. The predicted octanol–water partition coefficient (Wildman–Crippen LogP) is 4.02. The van der Waals surface area contributed by atoms with Gasteiger partial charge in [0, 0.05) is 18.2 Å². The molecule has 2 N–H and O–H groups in total. The van der Waals surface area contributed by atoms with Gasteiger partial charge in [0.05, 0.1) is 16.4 Å². The Kier molecular flexibility index (Phi) is 3.85. The maximum atomic E-state index is 5.85. The number of fused-ring (bicyclic) bond motifs is 2. The van der Waals surface area contributed by atoms with Gasteiger partial charge in [-0.25, -0.2) is 4.98 Å². The van der Waals surface area contributed by atoms with Gasteiger partial charge in [0.25, 0.3) is 0 Å². The normalized spacial score (nSPS) is 13.9. The molecule has 0 saturated carbocycles. The smallest absolute Gasteiger partial charge is 0.137 e. The Morgan fingerprint density at radius 1 is 1.17 bits per heavy atom. The van der Waals surface area contributed by atoms with Gasteiger partial charge in [-0.15, -0.1) is 0 Å². The van der Waals surface area contributed by atoms with Gasteiger partial charge in [-0.1, -0.05) is 24.4 Å². The molecule has 2 aromatic heterocycles. The van der Waals surface area contributed by atoms with Crippen LogP contribution in [0.1, 0.15) is 35.2 Å². The van der Waals surface area contributed by atoms with Gasteiger partial charge in [-0.2, -0.15) is 0 Å². The first-order chi connectivity index (χ1) is 11.6. The van der Waals surface area contributed by atoms with Crippen LogP contribution in [0.4, 0.5) is 0 Å². The van der Waals surface area contributed by atoms with E-state index in [0.29, 0.717) is 11.4 Å². The minimum absolute atomic E-state index is 0.497. The summed E-state index contributed by atoms with van der Waals surface area (Å²) >= 11 is 5.18. The molecule has 4 rings (SSSR count). The van der Waals surface area contributed by atoms with Crippen molar-refractivity contribution in [3.8, 4) is 11.3 Å². The zero-order valence-electron chi connectivity index (χ0n) is 13.9. The van der Waals surface area contributed by atoms with E-state index in [-0.39, 0.29) is 0 Å². The van der Waals surface area contributed by atoms with Gasteiger partial charge in [0.15, 0.2) is 0 Å². The third-order valence-corrected chi connectivity index (χ3v) is 4.99. The predicted molar refractivity (Wildman–Crippen MR) is 102 cm³/mol. The van der Waals surface area contributed by atoms with E-state index in [1.165, 1.54) is 47.9 Å². The maximum Gasteiger partial charge on any atom is 0.137 e. The highest BCUT2D eigenvalue weighted by molar-refractivity contribution is 7.80. The van der Waals surface area contributed by atoms with Gasteiger partial charge in [0.2, 0.25) is 0 Å². The fraction of sp³-hybridized carbons (Fsp3) is 0.300. The summed E-state index contributed by atoms with van der Waals surface area (Å²) in [6.45, 7) is 2.08. The summed E-state index contributed by atoms with van der Waals surface area (Å²) in [5.74, 6) is 0. The van der Waals surface area contributed by atoms with Crippen LogP contribution in [0.2, 0.25) is 0 Å². The van der Waals surface area contributed by atoms with E-state index in [4.69, 9.17) is 22.9 Å². The Labute approximate surface area is 147 Å². The van der Waals surface area contributed by atoms with E-state index in [9.17, 15) is 0 Å². The molecule has 4 heteroatoms. The van der Waals surface area contributed by atoms with Crippen molar-refractivity contribution in [1.82, 2.24) is 9.38 Å². The molecule has 24 heavy (non-hydrogen) atoms. The molecule has 0 atom stereocenters. The molecule has 3 aromatic rings. The highest BCUT2D eigenvalue weighted by Crippen LogP contribution is 2.30. The lowest BCUT2D eigenvalue weighted by atomic mass is 9.89. The number of benzene rings is 1. The SMILES string of the molecule is Cc1ccn2c(CC(N)=S)c(-c3ccc4c(c3)CCCC4)nc2c1. The van der Waals surface area contributed by atoms with E-state index >= 15 is 0 Å². The van der Waals surface area contributed by atoms with Crippen molar-refractivity contribution in [2.45, 2.75) is 39.0 Å². The minimum atomic E-state index is 0.497. The third kappa shape index (κ3) is 2.71. The van der Waals surface area contributed by atoms with Crippen LogP contribution in [0.15, 0.2) is 36.5 Å². The lowest BCUT2D eigenvalue weighted by molar-refractivity contribution is 0.686. The van der Waals surface area contributed by atoms with Crippen LogP contribution < -0.4 is 5.73 Å². The number of thiocarbonyl (C=S) groups is 1. The largest absolute Gasteiger partial charge is 0.393 e. The van der Waals surface area contributed by atoms with Crippen molar-refractivity contribution < 1.29 is 0 Å². The summed E-state index contributed by atoms with van der Waals surface area (Å²) in [5, 5.41) is 0. The van der Waals surface area contributed by atoms with Crippen LogP contribution in [0, 0.1) is 6.92 Å². The van der Waals surface area contributed by atoms with Gasteiger partial charge in [0.1, 0.15) is 5.65 Å². The molecule has 0 bridgehead atoms. The number of rotatable bonds is 3. The molecule has 0 aliphatic heterocycles. The van der Waals surface area contributed by atoms with Gasteiger partial charge in [-0.05, 0) is 67.5 Å². The second-order valence-electron chi connectivity index (χ2n) is 6.67. The van der Waals surface area contributed by atoms with Crippen molar-refractivity contribution in [2.75, 3.05) is 0 Å². The number of aryl methyl sites for hydroxylation is 3. The summed E-state index contributed by atoms with van der Waals surface area (Å²) in [7, 11) is 0. The number of hydrogen-bond acceptors (Lipinski definition) is 2. The highest BCUT2D eigenvalue weighted by Gasteiger charge is 2.17. The standard InChI is InChI=1S/C20H21N3S/c1-13-8-9-23-17(12-18(21)24)20(22-19(23)10-13)16-7-6-14-4-2-3-5-15(14)11-16/h6-11H,2-5,12H2,1H3,(H2,21,24). The highest BCUT2D eigenvalue weighted by atomic mass is 32.1. The zero-order valence-corrected chi connectivity index (χ0v) is 14.7. The van der Waals surface area contributed by atoms with Crippen molar-refractivity contribution in [3.63, 3.8) is 0 Å². The molecule has 1 aromatic carbocycles. The van der Waals surface area contributed by atoms with Crippen molar-refractivity contribution in [3.05, 3.63) is 58.9 Å². The first-order valence-electron chi connectivity index (χ1n) is 8.50. The lowest BCUT2D eigenvalue weighted by Gasteiger charge is -2.16. The van der Waals surface area contributed by atoms with E-state index in [0.717, 1.165) is 17.0 Å². The van der Waals surface area contributed by atoms with Crippen LogP contribution in [-0.2, 0) is 19.3 Å². The monoisotopic (exact) mass is 335 g/mol. The Balaban J connectivity index is 1.90. The summed E-state index contributed by atoms with van der Waals surface area (Å²) in [4.78, 5) is 5.39. The van der Waals surface area contributed by atoms with E-state index in [1.54, 1.807) is 0 Å². The number of hydrogen-bond donors (Lipinski definition) is 1. The summed E-state index contributed by atoms with van der Waals surface area (Å²) in [6, 6.07) is 11.0. The Morgan fingerprint density at radius 2 is 1.96 bits per heavy atom. The second-order valence-corrected chi connectivity index (χ2v) is 7.20. The van der Waals surface area contributed by atoms with Crippen molar-refractivity contribution >= 4 is 22.9 Å². The van der Waals surface area contributed by atoms with Crippen LogP contribution in [0.25, 0.3) is 16.9 Å². The molecule has 0 fully saturated rings. The molecule has 0 amide bonds. The van der Waals surface area contributed by atoms with Crippen LogP contribution in [0.3, 0.4) is 0 Å². The maximum absolute atomic E-state index is 5.85. The van der Waals surface area contributed by atoms with Gasteiger partial charge >= 0.3 is 0 Å². The number of imidazole rings is 1. The molecule has 0 radical (unpaired) electrons. The average molecular weight is 335 g/mol.